The van der Waals surface area contributed by atoms with Crippen LogP contribution < -0.4 is 5.32 Å². The van der Waals surface area contributed by atoms with E-state index in [1.807, 2.05) is 0 Å². The lowest BCUT2D eigenvalue weighted by Crippen LogP contribution is -2.47. The molecule has 1 saturated heterocycles. The fraction of sp³-hybridized carbons (Fsp3) is 0.957. The minimum atomic E-state index is 0.382. The average Bonchev–Trinajstić information content (AvgIpc) is 3.02. The van der Waals surface area contributed by atoms with Gasteiger partial charge in [0.25, 0.3) is 0 Å². The number of hydrogen-bond acceptors (Lipinski definition) is 4. The number of nitrogens with zero attached hydrogens (tertiary/aromatic N) is 2. The third kappa shape index (κ3) is 10.7. The number of piperidine rings is 1. The predicted molar refractivity (Wildman–Crippen MR) is 120 cm³/mol. The minimum Gasteiger partial charge on any atom is -0.385 e. The molecule has 1 N–H and O–H groups in total. The summed E-state index contributed by atoms with van der Waals surface area (Å²) in [4.78, 5) is 7.26. The Hall–Kier alpha value is -0.850. The molecule has 0 spiro atoms. The number of ether oxygens (including phenoxy) is 3. The number of nitrogens with one attached hydrogen (secondary N) is 1. The molecule has 2 fully saturated rings. The van der Waals surface area contributed by atoms with Gasteiger partial charge in [0, 0.05) is 53.1 Å². The first kappa shape index (κ1) is 24.4. The van der Waals surface area contributed by atoms with E-state index in [0.717, 1.165) is 84.1 Å². The highest BCUT2D eigenvalue weighted by Crippen LogP contribution is 2.20. The second-order valence-electron chi connectivity index (χ2n) is 8.33. The van der Waals surface area contributed by atoms with Crippen LogP contribution in [0.15, 0.2) is 4.99 Å². The zero-order valence-corrected chi connectivity index (χ0v) is 19.0. The summed E-state index contributed by atoms with van der Waals surface area (Å²) in [6, 6.07) is 0. The summed E-state index contributed by atoms with van der Waals surface area (Å²) >= 11 is 0. The van der Waals surface area contributed by atoms with Gasteiger partial charge in [-0.2, -0.15) is 0 Å². The number of rotatable bonds is 12. The molecule has 1 aliphatic heterocycles. The van der Waals surface area contributed by atoms with Crippen LogP contribution in [0.3, 0.4) is 0 Å². The van der Waals surface area contributed by atoms with Crippen molar-refractivity contribution in [1.82, 2.24) is 10.2 Å². The van der Waals surface area contributed by atoms with E-state index in [0.29, 0.717) is 12.2 Å². The summed E-state index contributed by atoms with van der Waals surface area (Å²) in [6.45, 7) is 8.44. The monoisotopic (exact) mass is 411 g/mol. The molecule has 6 heteroatoms. The van der Waals surface area contributed by atoms with E-state index in [2.05, 4.69) is 17.1 Å². The van der Waals surface area contributed by atoms with Crippen LogP contribution in [0.25, 0.3) is 0 Å². The topological polar surface area (TPSA) is 55.3 Å². The SMILES string of the molecule is CCNC(=NCCCCOC1CCCCCC1)N1CCC(OCCCOC)CC1. The lowest BCUT2D eigenvalue weighted by Gasteiger charge is -2.34. The van der Waals surface area contributed by atoms with Gasteiger partial charge in [0.1, 0.15) is 0 Å². The third-order valence-electron chi connectivity index (χ3n) is 5.89. The lowest BCUT2D eigenvalue weighted by atomic mass is 10.1. The first-order valence-corrected chi connectivity index (χ1v) is 12.1. The van der Waals surface area contributed by atoms with Gasteiger partial charge in [-0.1, -0.05) is 25.7 Å². The number of unbranched alkanes of at least 4 members (excludes halogenated alkanes) is 1. The maximum absolute atomic E-state index is 6.10. The molecule has 0 aromatic rings. The standard InChI is InChI=1S/C23H45N3O3/c1-3-24-23(26-16-13-22(14-17-26)29-20-10-18-27-2)25-15-8-9-19-28-21-11-6-4-5-7-12-21/h21-22H,3-20H2,1-2H3,(H,24,25). The molecule has 2 aliphatic rings. The molecule has 0 unspecified atom stereocenters. The fourth-order valence-corrected chi connectivity index (χ4v) is 4.17. The van der Waals surface area contributed by atoms with E-state index < -0.39 is 0 Å². The minimum absolute atomic E-state index is 0.382. The summed E-state index contributed by atoms with van der Waals surface area (Å²) in [5.41, 5.74) is 0. The van der Waals surface area contributed by atoms with Crippen LogP contribution in [0.1, 0.15) is 77.6 Å². The van der Waals surface area contributed by atoms with Crippen molar-refractivity contribution in [2.24, 2.45) is 4.99 Å². The van der Waals surface area contributed by atoms with Crippen molar-refractivity contribution < 1.29 is 14.2 Å². The molecule has 1 aliphatic carbocycles. The van der Waals surface area contributed by atoms with E-state index in [4.69, 9.17) is 19.2 Å². The van der Waals surface area contributed by atoms with E-state index in [1.165, 1.54) is 38.5 Å². The summed E-state index contributed by atoms with van der Waals surface area (Å²) in [5, 5.41) is 3.46. The highest BCUT2D eigenvalue weighted by atomic mass is 16.5. The Balaban J connectivity index is 1.59. The highest BCUT2D eigenvalue weighted by Gasteiger charge is 2.21. The van der Waals surface area contributed by atoms with Crippen molar-refractivity contribution in [2.45, 2.75) is 89.8 Å². The largest absolute Gasteiger partial charge is 0.385 e. The van der Waals surface area contributed by atoms with Gasteiger partial charge in [-0.05, 0) is 51.9 Å². The Kier molecular flexibility index (Phi) is 13.4. The summed E-state index contributed by atoms with van der Waals surface area (Å²) in [7, 11) is 1.74. The first-order chi connectivity index (χ1) is 14.3. The third-order valence-corrected chi connectivity index (χ3v) is 5.89. The van der Waals surface area contributed by atoms with Gasteiger partial charge in [0.2, 0.25) is 0 Å². The van der Waals surface area contributed by atoms with Gasteiger partial charge in [0.15, 0.2) is 5.96 Å². The second-order valence-corrected chi connectivity index (χ2v) is 8.33. The predicted octanol–water partition coefficient (Wildman–Crippen LogP) is 3.99. The molecule has 1 saturated carbocycles. The van der Waals surface area contributed by atoms with Crippen molar-refractivity contribution in [2.75, 3.05) is 53.1 Å². The van der Waals surface area contributed by atoms with Crippen LogP contribution in [-0.4, -0.2) is 76.2 Å². The Bertz CT molecular complexity index is 418. The molecule has 0 radical (unpaired) electrons. The van der Waals surface area contributed by atoms with Crippen molar-refractivity contribution in [3.8, 4) is 0 Å². The van der Waals surface area contributed by atoms with Gasteiger partial charge in [0.05, 0.1) is 12.2 Å². The summed E-state index contributed by atoms with van der Waals surface area (Å²) < 4.78 is 17.2. The zero-order chi connectivity index (χ0) is 20.6. The van der Waals surface area contributed by atoms with Crippen molar-refractivity contribution in [3.05, 3.63) is 0 Å². The van der Waals surface area contributed by atoms with Gasteiger partial charge < -0.3 is 24.4 Å². The zero-order valence-electron chi connectivity index (χ0n) is 19.0. The van der Waals surface area contributed by atoms with E-state index in [-0.39, 0.29) is 0 Å². The van der Waals surface area contributed by atoms with Crippen LogP contribution in [0.2, 0.25) is 0 Å². The molecule has 0 atom stereocenters. The fourth-order valence-electron chi connectivity index (χ4n) is 4.17. The van der Waals surface area contributed by atoms with Crippen molar-refractivity contribution in [1.29, 1.82) is 0 Å². The van der Waals surface area contributed by atoms with E-state index in [1.54, 1.807) is 7.11 Å². The van der Waals surface area contributed by atoms with Crippen molar-refractivity contribution in [3.63, 3.8) is 0 Å². The molecule has 0 aromatic heterocycles. The Morgan fingerprint density at radius 2 is 1.52 bits per heavy atom. The van der Waals surface area contributed by atoms with Gasteiger partial charge in [-0.15, -0.1) is 0 Å². The molecule has 0 aromatic carbocycles. The molecule has 1 heterocycles. The number of aliphatic imine (C=N–C) groups is 1. The average molecular weight is 412 g/mol. The molecule has 29 heavy (non-hydrogen) atoms. The highest BCUT2D eigenvalue weighted by molar-refractivity contribution is 5.80. The number of guanidine groups is 1. The molecule has 6 nitrogen and oxygen atoms in total. The number of likely N-dealkylation sites (tertiary alicyclic amines) is 1. The maximum atomic E-state index is 6.10. The second kappa shape index (κ2) is 15.9. The van der Waals surface area contributed by atoms with Crippen LogP contribution in [0.5, 0.6) is 0 Å². The van der Waals surface area contributed by atoms with Crippen LogP contribution in [-0.2, 0) is 14.2 Å². The maximum Gasteiger partial charge on any atom is 0.193 e. The van der Waals surface area contributed by atoms with E-state index in [9.17, 15) is 0 Å². The summed E-state index contributed by atoms with van der Waals surface area (Å²) in [5.74, 6) is 1.06. The molecule has 0 amide bonds. The van der Waals surface area contributed by atoms with Crippen LogP contribution in [0, 0.1) is 0 Å². The molecule has 170 valence electrons. The number of methoxy groups -OCH3 is 1. The number of hydrogen-bond donors (Lipinski definition) is 1. The Morgan fingerprint density at radius 3 is 2.17 bits per heavy atom. The molecule has 0 bridgehead atoms. The summed E-state index contributed by atoms with van der Waals surface area (Å²) in [6.07, 6.45) is 14.2. The van der Waals surface area contributed by atoms with E-state index >= 15 is 0 Å². The molecular weight excluding hydrogens is 366 g/mol. The smallest absolute Gasteiger partial charge is 0.193 e. The molecular formula is C23H45N3O3. The Morgan fingerprint density at radius 1 is 0.862 bits per heavy atom. The normalized spacial score (nSPS) is 20.1. The van der Waals surface area contributed by atoms with Gasteiger partial charge >= 0.3 is 0 Å². The molecule has 2 rings (SSSR count). The van der Waals surface area contributed by atoms with Crippen molar-refractivity contribution >= 4 is 5.96 Å². The Labute approximate surface area is 178 Å². The van der Waals surface area contributed by atoms with Gasteiger partial charge in [-0.25, -0.2) is 0 Å². The first-order valence-electron chi connectivity index (χ1n) is 12.1. The lowest BCUT2D eigenvalue weighted by molar-refractivity contribution is 0.00989. The van der Waals surface area contributed by atoms with Crippen LogP contribution in [0.4, 0.5) is 0 Å². The van der Waals surface area contributed by atoms with Gasteiger partial charge in [-0.3, -0.25) is 4.99 Å². The van der Waals surface area contributed by atoms with Crippen LogP contribution >= 0.6 is 0 Å². The quantitative estimate of drug-likeness (QED) is 0.228.